The maximum Gasteiger partial charge on any atom is 0.191 e. The van der Waals surface area contributed by atoms with Gasteiger partial charge < -0.3 is 0 Å². The third-order valence-electron chi connectivity index (χ3n) is 7.19. The SMILES string of the molecule is O=C(c1ccccn1)[C@]12Cc3cnn(-c4ccc(F)cc4)c3C=C1CC[C@H](S(=O)c1cccnc1)C2. The topological polar surface area (TPSA) is 77.7 Å². The highest BCUT2D eigenvalue weighted by Gasteiger charge is 2.50. The predicted octanol–water partition coefficient (Wildman–Crippen LogP) is 4.97. The highest BCUT2D eigenvalue weighted by atomic mass is 32.2. The van der Waals surface area contributed by atoms with Gasteiger partial charge in [-0.1, -0.05) is 11.6 Å². The molecule has 1 saturated carbocycles. The lowest BCUT2D eigenvalue weighted by Crippen LogP contribution is -2.45. The summed E-state index contributed by atoms with van der Waals surface area (Å²) in [6.45, 7) is 0. The molecule has 0 N–H and O–H groups in total. The molecule has 180 valence electrons. The number of fused-ring (bicyclic) bond motifs is 2. The number of rotatable bonds is 5. The average molecular weight is 499 g/mol. The van der Waals surface area contributed by atoms with Crippen molar-refractivity contribution < 1.29 is 13.4 Å². The number of allylic oxidation sites excluding steroid dienone is 1. The molecule has 3 aromatic heterocycles. The van der Waals surface area contributed by atoms with Crippen LogP contribution >= 0.6 is 0 Å². The molecule has 0 bridgehead atoms. The van der Waals surface area contributed by atoms with Crippen molar-refractivity contribution in [1.29, 1.82) is 0 Å². The van der Waals surface area contributed by atoms with E-state index in [1.54, 1.807) is 59.8 Å². The summed E-state index contributed by atoms with van der Waals surface area (Å²) in [7, 11) is -1.29. The molecule has 8 heteroatoms. The van der Waals surface area contributed by atoms with E-state index in [-0.39, 0.29) is 16.9 Å². The number of benzene rings is 1. The van der Waals surface area contributed by atoms with Crippen LogP contribution in [0, 0.1) is 11.2 Å². The molecule has 2 aliphatic rings. The zero-order valence-corrected chi connectivity index (χ0v) is 20.2. The van der Waals surface area contributed by atoms with E-state index in [1.165, 1.54) is 12.1 Å². The largest absolute Gasteiger partial charge is 0.291 e. The fourth-order valence-corrected chi connectivity index (χ4v) is 6.97. The highest BCUT2D eigenvalue weighted by molar-refractivity contribution is 7.85. The number of Topliss-reactive ketones (excluding diaryl/α,β-unsaturated/α-hetero) is 1. The Morgan fingerprint density at radius 2 is 1.92 bits per heavy atom. The van der Waals surface area contributed by atoms with Crippen molar-refractivity contribution in [2.45, 2.75) is 35.8 Å². The van der Waals surface area contributed by atoms with Crippen LogP contribution in [0.1, 0.15) is 41.0 Å². The van der Waals surface area contributed by atoms with Gasteiger partial charge >= 0.3 is 0 Å². The maximum absolute atomic E-state index is 14.1. The Morgan fingerprint density at radius 1 is 1.06 bits per heavy atom. The van der Waals surface area contributed by atoms with Gasteiger partial charge in [0.05, 0.1) is 38.7 Å². The number of carbonyl (C=O) groups excluding carboxylic acids is 1. The second-order valence-electron chi connectivity index (χ2n) is 9.27. The molecule has 0 saturated heterocycles. The van der Waals surface area contributed by atoms with Gasteiger partial charge in [-0.2, -0.15) is 5.10 Å². The predicted molar refractivity (Wildman–Crippen MR) is 134 cm³/mol. The number of pyridine rings is 2. The quantitative estimate of drug-likeness (QED) is 0.363. The molecule has 6 nitrogen and oxygen atoms in total. The zero-order valence-electron chi connectivity index (χ0n) is 19.4. The lowest BCUT2D eigenvalue weighted by atomic mass is 9.61. The van der Waals surface area contributed by atoms with Crippen molar-refractivity contribution in [3.8, 4) is 5.69 Å². The van der Waals surface area contributed by atoms with E-state index in [9.17, 15) is 13.4 Å². The van der Waals surface area contributed by atoms with Gasteiger partial charge in [-0.3, -0.25) is 19.0 Å². The van der Waals surface area contributed by atoms with Crippen LogP contribution in [0.15, 0.2) is 89.9 Å². The number of ketones is 1. The first-order chi connectivity index (χ1) is 17.5. The Kier molecular flexibility index (Phi) is 5.68. The first-order valence-electron chi connectivity index (χ1n) is 11.9. The molecule has 0 spiro atoms. The summed E-state index contributed by atoms with van der Waals surface area (Å²) in [6.07, 6.45) is 11.0. The summed E-state index contributed by atoms with van der Waals surface area (Å²) in [5.41, 5.74) is 3.15. The van der Waals surface area contributed by atoms with Crippen LogP contribution in [-0.2, 0) is 17.2 Å². The molecular weight excluding hydrogens is 475 g/mol. The third kappa shape index (κ3) is 3.82. The van der Waals surface area contributed by atoms with Crippen LogP contribution in [-0.4, -0.2) is 35.0 Å². The van der Waals surface area contributed by atoms with E-state index in [2.05, 4.69) is 21.1 Å². The molecule has 3 atom stereocenters. The Labute approximate surface area is 210 Å². The van der Waals surface area contributed by atoms with Gasteiger partial charge in [0.25, 0.3) is 0 Å². The van der Waals surface area contributed by atoms with Gasteiger partial charge in [-0.25, -0.2) is 9.07 Å². The second-order valence-corrected chi connectivity index (χ2v) is 11.0. The van der Waals surface area contributed by atoms with Gasteiger partial charge in [0.15, 0.2) is 5.78 Å². The van der Waals surface area contributed by atoms with E-state index in [0.29, 0.717) is 36.3 Å². The maximum atomic E-state index is 14.1. The number of hydrogen-bond acceptors (Lipinski definition) is 5. The van der Waals surface area contributed by atoms with Crippen LogP contribution in [0.3, 0.4) is 0 Å². The summed E-state index contributed by atoms with van der Waals surface area (Å²) >= 11 is 0. The normalized spacial score (nSPS) is 21.7. The van der Waals surface area contributed by atoms with Crippen LogP contribution in [0.5, 0.6) is 0 Å². The molecule has 3 heterocycles. The molecule has 1 aromatic carbocycles. The molecule has 0 amide bonds. The van der Waals surface area contributed by atoms with Gasteiger partial charge in [0, 0.05) is 23.8 Å². The number of aromatic nitrogens is 4. The van der Waals surface area contributed by atoms with Gasteiger partial charge in [-0.05, 0) is 85.9 Å². The summed E-state index contributed by atoms with van der Waals surface area (Å²) in [5.74, 6) is -0.361. The van der Waals surface area contributed by atoms with Crippen molar-refractivity contribution in [1.82, 2.24) is 19.7 Å². The van der Waals surface area contributed by atoms with Crippen LogP contribution < -0.4 is 0 Å². The lowest BCUT2D eigenvalue weighted by Gasteiger charge is -2.43. The fraction of sp³-hybridized carbons (Fsp3) is 0.214. The van der Waals surface area contributed by atoms with Crippen molar-refractivity contribution in [3.63, 3.8) is 0 Å². The Balaban J connectivity index is 1.43. The molecule has 0 aliphatic heterocycles. The van der Waals surface area contributed by atoms with E-state index >= 15 is 0 Å². The summed E-state index contributed by atoms with van der Waals surface area (Å²) in [5, 5.41) is 4.39. The van der Waals surface area contributed by atoms with Crippen LogP contribution in [0.4, 0.5) is 4.39 Å². The number of carbonyl (C=O) groups is 1. The molecule has 1 fully saturated rings. The Hall–Kier alpha value is -3.78. The molecular formula is C28H23FN4O2S. The number of hydrogen-bond donors (Lipinski definition) is 0. The Morgan fingerprint density at radius 3 is 2.67 bits per heavy atom. The van der Waals surface area contributed by atoms with E-state index in [0.717, 1.165) is 22.5 Å². The summed E-state index contributed by atoms with van der Waals surface area (Å²) < 4.78 is 28.8. The minimum Gasteiger partial charge on any atom is -0.291 e. The van der Waals surface area contributed by atoms with Gasteiger partial charge in [0.1, 0.15) is 11.5 Å². The molecule has 1 unspecified atom stereocenters. The standard InChI is InChI=1S/C28H23FN4O2S/c29-21-7-9-22(10-8-21)33-26-14-20-6-11-23(36(35)24-4-3-12-30-18-24)16-28(20,15-19(26)17-32-33)27(34)25-5-1-2-13-31-25/h1-5,7-10,12-14,17-18,23H,6,11,15-16H2/t23-,28-,36?/m0/s1. The second kappa shape index (κ2) is 9.02. The smallest absolute Gasteiger partial charge is 0.191 e. The van der Waals surface area contributed by atoms with Gasteiger partial charge in [-0.15, -0.1) is 0 Å². The van der Waals surface area contributed by atoms with Crippen molar-refractivity contribution >= 4 is 22.7 Å². The molecule has 6 rings (SSSR count). The lowest BCUT2D eigenvalue weighted by molar-refractivity contribution is 0.0797. The first kappa shape index (κ1) is 22.7. The first-order valence-corrected chi connectivity index (χ1v) is 13.1. The van der Waals surface area contributed by atoms with Gasteiger partial charge in [0.2, 0.25) is 0 Å². The number of halogens is 1. The van der Waals surface area contributed by atoms with Crippen LogP contribution in [0.25, 0.3) is 11.8 Å². The van der Waals surface area contributed by atoms with Crippen molar-refractivity contribution in [2.24, 2.45) is 5.41 Å². The third-order valence-corrected chi connectivity index (χ3v) is 8.90. The highest BCUT2D eigenvalue weighted by Crippen LogP contribution is 2.51. The molecule has 36 heavy (non-hydrogen) atoms. The molecule has 2 aliphatic carbocycles. The van der Waals surface area contributed by atoms with E-state index < -0.39 is 16.2 Å². The molecule has 4 aromatic rings. The van der Waals surface area contributed by atoms with Crippen molar-refractivity contribution in [2.75, 3.05) is 0 Å². The number of nitrogens with zero attached hydrogens (tertiary/aromatic N) is 4. The average Bonchev–Trinajstić information content (AvgIpc) is 3.34. The monoisotopic (exact) mass is 498 g/mol. The fourth-order valence-electron chi connectivity index (χ4n) is 5.44. The minimum absolute atomic E-state index is 0.0533. The van der Waals surface area contributed by atoms with E-state index in [4.69, 9.17) is 0 Å². The zero-order chi connectivity index (χ0) is 24.7. The molecule has 0 radical (unpaired) electrons. The minimum atomic E-state index is -1.29. The summed E-state index contributed by atoms with van der Waals surface area (Å²) in [4.78, 5) is 23.3. The summed E-state index contributed by atoms with van der Waals surface area (Å²) in [6, 6.07) is 15.2. The van der Waals surface area contributed by atoms with Crippen molar-refractivity contribution in [3.05, 3.63) is 108 Å². The van der Waals surface area contributed by atoms with E-state index in [1.807, 2.05) is 12.1 Å². The Bertz CT molecular complexity index is 1490. The van der Waals surface area contributed by atoms with Crippen LogP contribution in [0.2, 0.25) is 0 Å².